The van der Waals surface area contributed by atoms with Gasteiger partial charge in [0, 0.05) is 38.3 Å². The van der Waals surface area contributed by atoms with Gasteiger partial charge in [-0.25, -0.2) is 8.42 Å². The number of carbonyl (C=O) groups excluding carboxylic acids is 2. The first-order valence-corrected chi connectivity index (χ1v) is 10.5. The van der Waals surface area contributed by atoms with E-state index in [-0.39, 0.29) is 28.9 Å². The van der Waals surface area contributed by atoms with Crippen LogP contribution >= 0.6 is 0 Å². The fraction of sp³-hybridized carbons (Fsp3) is 0.368. The van der Waals surface area contributed by atoms with Crippen molar-refractivity contribution in [2.75, 3.05) is 18.4 Å². The molecule has 2 amide bonds. The zero-order valence-electron chi connectivity index (χ0n) is 15.8. The Morgan fingerprint density at radius 2 is 1.79 bits per heavy atom. The molecule has 0 bridgehead atoms. The summed E-state index contributed by atoms with van der Waals surface area (Å²) in [5, 5.41) is 5.38. The summed E-state index contributed by atoms with van der Waals surface area (Å²) in [6.07, 6.45) is 1.67. The highest BCUT2D eigenvalue weighted by atomic mass is 32.2. The monoisotopic (exact) mass is 405 g/mol. The lowest BCUT2D eigenvalue weighted by molar-refractivity contribution is -0.114. The third-order valence-corrected chi connectivity index (χ3v) is 6.51. The second-order valence-corrected chi connectivity index (χ2v) is 8.61. The molecule has 1 aliphatic heterocycles. The van der Waals surface area contributed by atoms with Crippen molar-refractivity contribution in [1.29, 1.82) is 0 Å². The van der Waals surface area contributed by atoms with E-state index in [9.17, 15) is 18.0 Å². The zero-order valence-corrected chi connectivity index (χ0v) is 16.6. The number of carbonyl (C=O) groups is 2. The number of rotatable bonds is 6. The first-order chi connectivity index (χ1) is 13.3. The molecule has 9 heteroatoms. The molecule has 0 radical (unpaired) electrons. The van der Waals surface area contributed by atoms with Crippen molar-refractivity contribution in [2.24, 2.45) is 0 Å². The van der Waals surface area contributed by atoms with Crippen LogP contribution in [0.1, 0.15) is 41.6 Å². The number of hydrogen-bond donors (Lipinski definition) is 2. The maximum absolute atomic E-state index is 12.7. The van der Waals surface area contributed by atoms with Crippen LogP contribution in [0.2, 0.25) is 0 Å². The molecule has 3 rings (SSSR count). The Kier molecular flexibility index (Phi) is 5.85. The van der Waals surface area contributed by atoms with Gasteiger partial charge in [-0.3, -0.25) is 9.59 Å². The Hall–Kier alpha value is -2.65. The fourth-order valence-electron chi connectivity index (χ4n) is 3.08. The molecule has 0 atom stereocenters. The van der Waals surface area contributed by atoms with E-state index in [0.717, 1.165) is 18.4 Å². The second-order valence-electron chi connectivity index (χ2n) is 6.70. The largest absolute Gasteiger partial charge is 0.455 e. The van der Waals surface area contributed by atoms with Crippen LogP contribution < -0.4 is 10.6 Å². The Bertz CT molecular complexity index is 973. The van der Waals surface area contributed by atoms with Crippen molar-refractivity contribution in [3.05, 3.63) is 47.4 Å². The maximum atomic E-state index is 12.7. The van der Waals surface area contributed by atoms with Crippen LogP contribution in [0.5, 0.6) is 0 Å². The van der Waals surface area contributed by atoms with Gasteiger partial charge in [0.15, 0.2) is 5.76 Å². The van der Waals surface area contributed by atoms with Gasteiger partial charge in [-0.2, -0.15) is 4.31 Å². The minimum atomic E-state index is -3.64. The maximum Gasteiger partial charge on any atom is 0.287 e. The number of amides is 2. The van der Waals surface area contributed by atoms with Crippen LogP contribution in [0.4, 0.5) is 5.69 Å². The van der Waals surface area contributed by atoms with Gasteiger partial charge in [0.1, 0.15) is 10.7 Å². The van der Waals surface area contributed by atoms with E-state index in [1.807, 2.05) is 0 Å². The average Bonchev–Trinajstić information content (AvgIpc) is 3.31. The molecular formula is C19H23N3O5S. The van der Waals surface area contributed by atoms with Crippen molar-refractivity contribution in [3.8, 4) is 0 Å². The van der Waals surface area contributed by atoms with E-state index in [1.165, 1.54) is 17.3 Å². The molecule has 1 aliphatic rings. The van der Waals surface area contributed by atoms with Crippen molar-refractivity contribution in [3.63, 3.8) is 0 Å². The van der Waals surface area contributed by atoms with E-state index in [1.54, 1.807) is 31.2 Å². The molecule has 1 aromatic carbocycles. The summed E-state index contributed by atoms with van der Waals surface area (Å²) in [6.45, 7) is 4.19. The van der Waals surface area contributed by atoms with Gasteiger partial charge < -0.3 is 15.1 Å². The molecule has 0 unspecified atom stereocenters. The molecule has 150 valence electrons. The summed E-state index contributed by atoms with van der Waals surface area (Å²) < 4.78 is 32.2. The van der Waals surface area contributed by atoms with Gasteiger partial charge >= 0.3 is 0 Å². The Morgan fingerprint density at radius 1 is 1.14 bits per heavy atom. The van der Waals surface area contributed by atoms with Gasteiger partial charge in [0.05, 0.1) is 0 Å². The SMILES string of the molecule is CC(=O)Nc1ccc(CNC(=O)c2cc(S(=O)(=O)N3CCCC3)c(C)o2)cc1. The number of anilines is 1. The summed E-state index contributed by atoms with van der Waals surface area (Å²) in [7, 11) is -3.64. The molecule has 1 aromatic heterocycles. The first kappa shape index (κ1) is 20.1. The number of furan rings is 1. The number of benzene rings is 1. The summed E-state index contributed by atoms with van der Waals surface area (Å²) in [4.78, 5) is 23.4. The summed E-state index contributed by atoms with van der Waals surface area (Å²) in [5.74, 6) is -0.479. The Balaban J connectivity index is 1.66. The summed E-state index contributed by atoms with van der Waals surface area (Å²) >= 11 is 0. The van der Waals surface area contributed by atoms with Crippen molar-refractivity contribution in [2.45, 2.75) is 38.1 Å². The molecule has 2 heterocycles. The predicted molar refractivity (Wildman–Crippen MR) is 103 cm³/mol. The van der Waals surface area contributed by atoms with E-state index in [2.05, 4.69) is 10.6 Å². The molecule has 0 saturated carbocycles. The van der Waals surface area contributed by atoms with Crippen LogP contribution in [0.25, 0.3) is 0 Å². The van der Waals surface area contributed by atoms with E-state index < -0.39 is 15.9 Å². The molecule has 2 N–H and O–H groups in total. The van der Waals surface area contributed by atoms with Gasteiger partial charge in [0.2, 0.25) is 15.9 Å². The average molecular weight is 405 g/mol. The summed E-state index contributed by atoms with van der Waals surface area (Å²) in [5.41, 5.74) is 1.50. The minimum absolute atomic E-state index is 0.0369. The molecule has 0 aliphatic carbocycles. The third kappa shape index (κ3) is 4.42. The van der Waals surface area contributed by atoms with Gasteiger partial charge in [-0.05, 0) is 37.5 Å². The standard InChI is InChI=1S/C19H23N3O5S/c1-13-18(28(25,26)22-9-3-4-10-22)11-17(27-13)19(24)20-12-15-5-7-16(8-6-15)21-14(2)23/h5-8,11H,3-4,9-10,12H2,1-2H3,(H,20,24)(H,21,23). The first-order valence-electron chi connectivity index (χ1n) is 9.02. The Labute approximate surface area is 164 Å². The van der Waals surface area contributed by atoms with Gasteiger partial charge in [-0.1, -0.05) is 12.1 Å². The number of aryl methyl sites for hydroxylation is 1. The van der Waals surface area contributed by atoms with Crippen LogP contribution in [0.15, 0.2) is 39.6 Å². The van der Waals surface area contributed by atoms with Gasteiger partial charge in [0.25, 0.3) is 5.91 Å². The molecular weight excluding hydrogens is 382 g/mol. The molecule has 8 nitrogen and oxygen atoms in total. The third-order valence-electron chi connectivity index (χ3n) is 4.51. The van der Waals surface area contributed by atoms with Crippen molar-refractivity contribution >= 4 is 27.5 Å². The van der Waals surface area contributed by atoms with E-state index in [0.29, 0.717) is 18.8 Å². The smallest absolute Gasteiger partial charge is 0.287 e. The number of hydrogen-bond acceptors (Lipinski definition) is 5. The highest BCUT2D eigenvalue weighted by Crippen LogP contribution is 2.26. The van der Waals surface area contributed by atoms with Gasteiger partial charge in [-0.15, -0.1) is 0 Å². The van der Waals surface area contributed by atoms with Crippen molar-refractivity contribution in [1.82, 2.24) is 9.62 Å². The molecule has 0 spiro atoms. The highest BCUT2D eigenvalue weighted by molar-refractivity contribution is 7.89. The predicted octanol–water partition coefficient (Wildman–Crippen LogP) is 2.26. The molecule has 1 fully saturated rings. The number of nitrogens with one attached hydrogen (secondary N) is 2. The van der Waals surface area contributed by atoms with Crippen LogP contribution in [-0.4, -0.2) is 37.6 Å². The highest BCUT2D eigenvalue weighted by Gasteiger charge is 2.31. The zero-order chi connectivity index (χ0) is 20.3. The van der Waals surface area contributed by atoms with Crippen molar-refractivity contribution < 1.29 is 22.4 Å². The van der Waals surface area contributed by atoms with E-state index in [4.69, 9.17) is 4.42 Å². The topological polar surface area (TPSA) is 109 Å². The van der Waals surface area contributed by atoms with Crippen LogP contribution in [0.3, 0.4) is 0 Å². The minimum Gasteiger partial charge on any atom is -0.455 e. The number of sulfonamides is 1. The Morgan fingerprint density at radius 3 is 2.39 bits per heavy atom. The number of nitrogens with zero attached hydrogens (tertiary/aromatic N) is 1. The lowest BCUT2D eigenvalue weighted by Crippen LogP contribution is -2.28. The van der Waals surface area contributed by atoms with Crippen LogP contribution in [-0.2, 0) is 21.4 Å². The molecule has 28 heavy (non-hydrogen) atoms. The lowest BCUT2D eigenvalue weighted by Gasteiger charge is -2.14. The van der Waals surface area contributed by atoms with E-state index >= 15 is 0 Å². The second kappa shape index (κ2) is 8.15. The summed E-state index contributed by atoms with van der Waals surface area (Å²) in [6, 6.07) is 8.32. The molecule has 2 aromatic rings. The molecule has 1 saturated heterocycles. The normalized spacial score (nSPS) is 14.8. The lowest BCUT2D eigenvalue weighted by atomic mass is 10.2. The fourth-order valence-corrected chi connectivity index (χ4v) is 4.76. The quantitative estimate of drug-likeness (QED) is 0.766. The van der Waals surface area contributed by atoms with Crippen LogP contribution in [0, 0.1) is 6.92 Å².